The van der Waals surface area contributed by atoms with Gasteiger partial charge in [-0.05, 0) is 30.8 Å². The van der Waals surface area contributed by atoms with Crippen molar-refractivity contribution in [3.05, 3.63) is 65.5 Å². The van der Waals surface area contributed by atoms with E-state index >= 15 is 8.78 Å². The fraction of sp³-hybridized carbons (Fsp3) is 0.286. The molecule has 11 heteroatoms. The topological polar surface area (TPSA) is 109 Å². The van der Waals surface area contributed by atoms with Gasteiger partial charge in [0.25, 0.3) is 0 Å². The van der Waals surface area contributed by atoms with Gasteiger partial charge in [0.15, 0.2) is 23.1 Å². The summed E-state index contributed by atoms with van der Waals surface area (Å²) in [5, 5.41) is 3.62. The van der Waals surface area contributed by atoms with Crippen LogP contribution in [0.25, 0.3) is 10.9 Å². The minimum atomic E-state index is -1.11. The molecule has 9 nitrogen and oxygen atoms in total. The number of rotatable bonds is 8. The Bertz CT molecular complexity index is 1500. The summed E-state index contributed by atoms with van der Waals surface area (Å²) in [6.07, 6.45) is 2.93. The Balaban J connectivity index is 1.43. The van der Waals surface area contributed by atoms with Crippen molar-refractivity contribution in [1.82, 2.24) is 14.9 Å². The highest BCUT2D eigenvalue weighted by Crippen LogP contribution is 2.35. The van der Waals surface area contributed by atoms with Crippen molar-refractivity contribution in [2.45, 2.75) is 6.92 Å². The number of aromatic nitrogens is 2. The van der Waals surface area contributed by atoms with Crippen LogP contribution in [0.5, 0.6) is 11.5 Å². The number of nitrogens with one attached hydrogen (secondary N) is 2. The molecule has 204 valence electrons. The third kappa shape index (κ3) is 4.92. The monoisotopic (exact) mass is 536 g/mol. The largest absolute Gasteiger partial charge is 0.494 e. The number of hydrogen-bond acceptors (Lipinski definition) is 8. The molecule has 3 heterocycles. The predicted molar refractivity (Wildman–Crippen MR) is 147 cm³/mol. The number of nitrogens with two attached hydrogens (primary N) is 1. The number of methoxy groups -OCH3 is 2. The van der Waals surface area contributed by atoms with Crippen LogP contribution in [0.3, 0.4) is 0 Å². The maximum Gasteiger partial charge on any atom is 0.201 e. The van der Waals surface area contributed by atoms with Gasteiger partial charge in [0.2, 0.25) is 5.78 Å². The molecular formula is C28H30F2N6O3. The second-order valence-electron chi connectivity index (χ2n) is 9.25. The number of anilines is 4. The summed E-state index contributed by atoms with van der Waals surface area (Å²) < 4.78 is 40.0. The first-order chi connectivity index (χ1) is 18.8. The lowest BCUT2D eigenvalue weighted by atomic mass is 10.0. The van der Waals surface area contributed by atoms with Crippen molar-refractivity contribution in [2.24, 2.45) is 0 Å². The molecular weight excluding hydrogens is 506 g/mol. The smallest absolute Gasteiger partial charge is 0.201 e. The highest BCUT2D eigenvalue weighted by molar-refractivity contribution is 6.17. The van der Waals surface area contributed by atoms with E-state index in [4.69, 9.17) is 15.2 Å². The highest BCUT2D eigenvalue weighted by atomic mass is 19.1. The number of likely N-dealkylation sites (N-methyl/N-ethyl adjacent to an activating group) is 1. The Morgan fingerprint density at radius 1 is 1.08 bits per heavy atom. The Hall–Kier alpha value is -4.38. The Morgan fingerprint density at radius 3 is 2.38 bits per heavy atom. The van der Waals surface area contributed by atoms with Crippen molar-refractivity contribution in [2.75, 3.05) is 62.9 Å². The van der Waals surface area contributed by atoms with E-state index < -0.39 is 23.0 Å². The van der Waals surface area contributed by atoms with Gasteiger partial charge in [-0.2, -0.15) is 0 Å². The molecule has 39 heavy (non-hydrogen) atoms. The zero-order chi connectivity index (χ0) is 27.7. The summed E-state index contributed by atoms with van der Waals surface area (Å²) >= 11 is 0. The van der Waals surface area contributed by atoms with Gasteiger partial charge in [-0.1, -0.05) is 6.92 Å². The molecule has 0 aliphatic carbocycles. The predicted octanol–water partition coefficient (Wildman–Crippen LogP) is 4.56. The quantitative estimate of drug-likeness (QED) is 0.222. The molecule has 2 aromatic carbocycles. The summed E-state index contributed by atoms with van der Waals surface area (Å²) in [6, 6.07) is 8.51. The van der Waals surface area contributed by atoms with Crippen molar-refractivity contribution in [1.29, 1.82) is 0 Å². The third-order valence-corrected chi connectivity index (χ3v) is 7.09. The number of ketones is 1. The summed E-state index contributed by atoms with van der Waals surface area (Å²) in [4.78, 5) is 25.4. The van der Waals surface area contributed by atoms with Crippen molar-refractivity contribution < 1.29 is 23.0 Å². The number of piperazine rings is 1. The molecule has 0 spiro atoms. The number of ether oxygens (including phenoxy) is 2. The third-order valence-electron chi connectivity index (χ3n) is 7.09. The molecule has 1 fully saturated rings. The van der Waals surface area contributed by atoms with E-state index in [9.17, 15) is 4.79 Å². The standard InChI is InChI=1S/C28H30F2N6O3/c1-4-35-7-9-36(10-8-35)16-5-6-20(19(31)11-16)34-24-12-17-18(14-32-21(17)15-33-24)28(37)25-26(29)22(38-2)13-23(39-3)27(25)30/h5-6,11-15,32H,4,7-10,31H2,1-3H3,(H,33,34). The molecule has 0 radical (unpaired) electrons. The lowest BCUT2D eigenvalue weighted by molar-refractivity contribution is 0.103. The highest BCUT2D eigenvalue weighted by Gasteiger charge is 2.28. The van der Waals surface area contributed by atoms with Gasteiger partial charge in [0.1, 0.15) is 11.4 Å². The maximum atomic E-state index is 15.0. The summed E-state index contributed by atoms with van der Waals surface area (Å²) in [5.41, 5.74) is 8.44. The lowest BCUT2D eigenvalue weighted by Gasteiger charge is -2.35. The fourth-order valence-corrected chi connectivity index (χ4v) is 4.82. The fourth-order valence-electron chi connectivity index (χ4n) is 4.82. The molecule has 1 saturated heterocycles. The number of aromatic amines is 1. The first kappa shape index (κ1) is 26.2. The number of nitrogens with zero attached hydrogens (tertiary/aromatic N) is 3. The number of H-pyrrole nitrogens is 1. The number of hydrogen-bond donors (Lipinski definition) is 3. The van der Waals surface area contributed by atoms with Gasteiger partial charge in [0, 0.05) is 55.1 Å². The molecule has 1 aliphatic rings. The first-order valence-electron chi connectivity index (χ1n) is 12.6. The lowest BCUT2D eigenvalue weighted by Crippen LogP contribution is -2.46. The van der Waals surface area contributed by atoms with E-state index in [0.29, 0.717) is 28.1 Å². The Kier molecular flexibility index (Phi) is 7.25. The molecule has 5 rings (SSSR count). The summed E-state index contributed by atoms with van der Waals surface area (Å²) in [5.74, 6) is -3.26. The van der Waals surface area contributed by atoms with E-state index in [2.05, 4.69) is 32.0 Å². The molecule has 0 saturated carbocycles. The molecule has 0 amide bonds. The molecule has 0 bridgehead atoms. The van der Waals surface area contributed by atoms with Crippen LogP contribution in [-0.4, -0.2) is 67.6 Å². The van der Waals surface area contributed by atoms with E-state index in [1.54, 1.807) is 6.07 Å². The molecule has 4 N–H and O–H groups in total. The van der Waals surface area contributed by atoms with Crippen molar-refractivity contribution >= 4 is 39.6 Å². The van der Waals surface area contributed by atoms with Gasteiger partial charge >= 0.3 is 0 Å². The molecule has 0 unspecified atom stereocenters. The normalized spacial score (nSPS) is 14.0. The van der Waals surface area contributed by atoms with Crippen LogP contribution in [0.15, 0.2) is 42.7 Å². The minimum Gasteiger partial charge on any atom is -0.494 e. The summed E-state index contributed by atoms with van der Waals surface area (Å²) in [7, 11) is 2.45. The van der Waals surface area contributed by atoms with Crippen LogP contribution in [0, 0.1) is 11.6 Å². The van der Waals surface area contributed by atoms with Crippen molar-refractivity contribution in [3.8, 4) is 11.5 Å². The van der Waals surface area contributed by atoms with E-state index in [1.807, 2.05) is 18.2 Å². The van der Waals surface area contributed by atoms with Gasteiger partial charge in [-0.15, -0.1) is 0 Å². The van der Waals surface area contributed by atoms with Gasteiger partial charge < -0.3 is 35.3 Å². The van der Waals surface area contributed by atoms with Crippen molar-refractivity contribution in [3.63, 3.8) is 0 Å². The molecule has 4 aromatic rings. The number of carbonyl (C=O) groups is 1. The number of fused-ring (bicyclic) bond motifs is 1. The molecule has 1 aliphatic heterocycles. The SMILES string of the molecule is CCN1CCN(c2ccc(Nc3cc4c(C(=O)c5c(F)c(OC)cc(OC)c5F)c[nH]c4cn3)c(N)c2)CC1. The van der Waals surface area contributed by atoms with Crippen LogP contribution in [0.4, 0.5) is 31.7 Å². The Labute approximate surface area is 224 Å². The average Bonchev–Trinajstić information content (AvgIpc) is 3.38. The van der Waals surface area contributed by atoms with Crippen LogP contribution in [-0.2, 0) is 0 Å². The zero-order valence-electron chi connectivity index (χ0n) is 22.0. The zero-order valence-corrected chi connectivity index (χ0v) is 22.0. The van der Waals surface area contributed by atoms with Gasteiger partial charge in [-0.25, -0.2) is 13.8 Å². The first-order valence-corrected chi connectivity index (χ1v) is 12.6. The Morgan fingerprint density at radius 2 is 1.77 bits per heavy atom. The van der Waals surface area contributed by atoms with Gasteiger partial charge in [-0.3, -0.25) is 4.79 Å². The van der Waals surface area contributed by atoms with Crippen LogP contribution >= 0.6 is 0 Å². The summed E-state index contributed by atoms with van der Waals surface area (Å²) in [6.45, 7) is 7.09. The number of benzene rings is 2. The van der Waals surface area contributed by atoms with E-state index in [1.165, 1.54) is 26.6 Å². The average molecular weight is 537 g/mol. The van der Waals surface area contributed by atoms with E-state index in [-0.39, 0.29) is 17.1 Å². The number of carbonyl (C=O) groups excluding carboxylic acids is 1. The van der Waals surface area contributed by atoms with Crippen LogP contribution in [0.2, 0.25) is 0 Å². The number of halogens is 2. The second-order valence-corrected chi connectivity index (χ2v) is 9.25. The van der Waals surface area contributed by atoms with E-state index in [0.717, 1.165) is 44.5 Å². The minimum absolute atomic E-state index is 0.0677. The second kappa shape index (κ2) is 10.8. The number of nitrogen functional groups attached to an aromatic ring is 1. The number of pyridine rings is 1. The van der Waals surface area contributed by atoms with Gasteiger partial charge in [0.05, 0.1) is 37.3 Å². The molecule has 0 atom stereocenters. The maximum absolute atomic E-state index is 15.0. The van der Waals surface area contributed by atoms with Crippen LogP contribution in [0.1, 0.15) is 22.8 Å². The van der Waals surface area contributed by atoms with Crippen LogP contribution < -0.4 is 25.4 Å². The molecule has 2 aromatic heterocycles.